The van der Waals surface area contributed by atoms with Gasteiger partial charge in [0, 0.05) is 42.7 Å². The van der Waals surface area contributed by atoms with Gasteiger partial charge in [-0.25, -0.2) is 17.9 Å². The molecule has 3 heterocycles. The fourth-order valence-corrected chi connectivity index (χ4v) is 5.38. The van der Waals surface area contributed by atoms with Crippen molar-refractivity contribution in [3.8, 4) is 11.1 Å². The second kappa shape index (κ2) is 7.25. The average Bonchev–Trinajstić information content (AvgIpc) is 3.24. The van der Waals surface area contributed by atoms with E-state index in [-0.39, 0.29) is 17.5 Å². The van der Waals surface area contributed by atoms with Crippen LogP contribution in [0.5, 0.6) is 0 Å². The molecular formula is C20H22N4O2S. The number of benzene rings is 1. The van der Waals surface area contributed by atoms with Crippen LogP contribution in [-0.2, 0) is 16.4 Å². The molecule has 27 heavy (non-hydrogen) atoms. The molecule has 0 amide bonds. The smallest absolute Gasteiger partial charge is 0.162 e. The van der Waals surface area contributed by atoms with E-state index >= 15 is 0 Å². The van der Waals surface area contributed by atoms with Crippen molar-refractivity contribution in [2.45, 2.75) is 19.0 Å². The van der Waals surface area contributed by atoms with Crippen LogP contribution >= 0.6 is 0 Å². The number of hydrogen-bond acceptors (Lipinski definition) is 5. The molecule has 0 saturated carbocycles. The van der Waals surface area contributed by atoms with E-state index < -0.39 is 9.84 Å². The number of nitrogens with zero attached hydrogens (tertiary/aromatic N) is 4. The van der Waals surface area contributed by atoms with Crippen molar-refractivity contribution >= 4 is 15.5 Å². The summed E-state index contributed by atoms with van der Waals surface area (Å²) in [6.07, 6.45) is 8.13. The highest BCUT2D eigenvalue weighted by atomic mass is 32.2. The molecule has 1 aliphatic heterocycles. The van der Waals surface area contributed by atoms with E-state index in [0.717, 1.165) is 22.3 Å². The first-order valence-electron chi connectivity index (χ1n) is 8.99. The Morgan fingerprint density at radius 1 is 1.26 bits per heavy atom. The van der Waals surface area contributed by atoms with Gasteiger partial charge in [0.15, 0.2) is 15.5 Å². The first-order valence-corrected chi connectivity index (χ1v) is 10.8. The second-order valence-electron chi connectivity index (χ2n) is 6.93. The van der Waals surface area contributed by atoms with E-state index in [1.165, 1.54) is 0 Å². The molecule has 1 aliphatic rings. The maximum absolute atomic E-state index is 11.8. The third kappa shape index (κ3) is 3.79. The second-order valence-corrected chi connectivity index (χ2v) is 9.16. The minimum Gasteiger partial charge on any atom is -0.291 e. The van der Waals surface area contributed by atoms with E-state index in [4.69, 9.17) is 0 Å². The van der Waals surface area contributed by atoms with Gasteiger partial charge in [0.25, 0.3) is 0 Å². The number of hydrogen-bond donors (Lipinski definition) is 0. The van der Waals surface area contributed by atoms with Gasteiger partial charge in [-0.05, 0) is 12.0 Å². The number of rotatable bonds is 6. The summed E-state index contributed by atoms with van der Waals surface area (Å²) in [6.45, 7) is 5.08. The Kier molecular flexibility index (Phi) is 4.80. The van der Waals surface area contributed by atoms with Crippen molar-refractivity contribution in [1.82, 2.24) is 19.5 Å². The molecule has 4 rings (SSSR count). The summed E-state index contributed by atoms with van der Waals surface area (Å²) in [5.41, 5.74) is 3.88. The van der Waals surface area contributed by atoms with Crippen molar-refractivity contribution < 1.29 is 8.42 Å². The summed E-state index contributed by atoms with van der Waals surface area (Å²) in [5, 5.41) is 4.45. The third-order valence-electron chi connectivity index (χ3n) is 4.97. The maximum Gasteiger partial charge on any atom is 0.162 e. The molecule has 0 spiro atoms. The molecule has 0 aliphatic carbocycles. The fourth-order valence-electron chi connectivity index (χ4n) is 3.62. The highest BCUT2D eigenvalue weighted by molar-refractivity contribution is 7.91. The zero-order chi connectivity index (χ0) is 18.9. The lowest BCUT2D eigenvalue weighted by Gasteiger charge is -2.26. The van der Waals surface area contributed by atoms with E-state index in [0.29, 0.717) is 19.5 Å². The summed E-state index contributed by atoms with van der Waals surface area (Å²) in [6, 6.07) is 10.1. The Balaban J connectivity index is 1.59. The number of aromatic nitrogens is 3. The molecule has 0 N–H and O–H groups in total. The molecule has 0 bridgehead atoms. The summed E-state index contributed by atoms with van der Waals surface area (Å²) in [7, 11) is -2.92. The molecule has 140 valence electrons. The number of fused-ring (bicyclic) bond motifs is 1. The monoisotopic (exact) mass is 382 g/mol. The highest BCUT2D eigenvalue weighted by Crippen LogP contribution is 2.24. The van der Waals surface area contributed by atoms with Crippen molar-refractivity contribution in [3.05, 3.63) is 67.1 Å². The minimum atomic E-state index is -2.92. The Morgan fingerprint density at radius 3 is 2.78 bits per heavy atom. The molecule has 6 nitrogen and oxygen atoms in total. The molecule has 1 unspecified atom stereocenters. The molecule has 1 fully saturated rings. The van der Waals surface area contributed by atoms with Crippen molar-refractivity contribution in [2.75, 3.05) is 18.1 Å². The van der Waals surface area contributed by atoms with Gasteiger partial charge in [-0.3, -0.25) is 4.90 Å². The van der Waals surface area contributed by atoms with Gasteiger partial charge < -0.3 is 0 Å². The average molecular weight is 382 g/mol. The predicted octanol–water partition coefficient (Wildman–Crippen LogP) is 2.57. The zero-order valence-electron chi connectivity index (χ0n) is 15.0. The van der Waals surface area contributed by atoms with Crippen LogP contribution in [-0.4, -0.2) is 52.0 Å². The lowest BCUT2D eigenvalue weighted by molar-refractivity contribution is 0.226. The first kappa shape index (κ1) is 17.9. The SMILES string of the molecule is C=CCN(Cc1cnc2c(-c3ccccc3)cnn2c1)C1CCS(=O)(=O)C1. The van der Waals surface area contributed by atoms with Crippen LogP contribution in [0.1, 0.15) is 12.0 Å². The molecule has 1 aromatic carbocycles. The van der Waals surface area contributed by atoms with Gasteiger partial charge in [0.1, 0.15) is 0 Å². The highest BCUT2D eigenvalue weighted by Gasteiger charge is 2.31. The summed E-state index contributed by atoms with van der Waals surface area (Å²) in [5.74, 6) is 0.485. The molecule has 2 aromatic heterocycles. The van der Waals surface area contributed by atoms with E-state index in [1.54, 1.807) is 4.52 Å². The molecule has 3 aromatic rings. The lowest BCUT2D eigenvalue weighted by Crippen LogP contribution is -2.36. The van der Waals surface area contributed by atoms with Crippen LogP contribution in [0.4, 0.5) is 0 Å². The molecular weight excluding hydrogens is 360 g/mol. The molecule has 0 radical (unpaired) electrons. The summed E-state index contributed by atoms with van der Waals surface area (Å²) < 4.78 is 25.5. The Bertz CT molecular complexity index is 1060. The minimum absolute atomic E-state index is 0.0289. The van der Waals surface area contributed by atoms with Gasteiger partial charge in [-0.15, -0.1) is 6.58 Å². The molecule has 7 heteroatoms. The lowest BCUT2D eigenvalue weighted by atomic mass is 10.1. The van der Waals surface area contributed by atoms with Gasteiger partial charge in [-0.1, -0.05) is 36.4 Å². The van der Waals surface area contributed by atoms with E-state index in [1.807, 2.05) is 55.0 Å². The van der Waals surface area contributed by atoms with Gasteiger partial charge in [0.2, 0.25) is 0 Å². The van der Waals surface area contributed by atoms with Crippen molar-refractivity contribution in [2.24, 2.45) is 0 Å². The predicted molar refractivity (Wildman–Crippen MR) is 106 cm³/mol. The Labute approximate surface area is 159 Å². The first-order chi connectivity index (χ1) is 13.1. The Morgan fingerprint density at radius 2 is 2.07 bits per heavy atom. The van der Waals surface area contributed by atoms with Crippen molar-refractivity contribution in [1.29, 1.82) is 0 Å². The number of sulfone groups is 1. The van der Waals surface area contributed by atoms with E-state index in [2.05, 4.69) is 21.6 Å². The van der Waals surface area contributed by atoms with E-state index in [9.17, 15) is 8.42 Å². The van der Waals surface area contributed by atoms with Crippen LogP contribution in [0.3, 0.4) is 0 Å². The zero-order valence-corrected chi connectivity index (χ0v) is 15.8. The molecule has 1 saturated heterocycles. The van der Waals surface area contributed by atoms with Crippen LogP contribution < -0.4 is 0 Å². The topological polar surface area (TPSA) is 67.6 Å². The van der Waals surface area contributed by atoms with Crippen molar-refractivity contribution in [3.63, 3.8) is 0 Å². The third-order valence-corrected chi connectivity index (χ3v) is 6.72. The largest absolute Gasteiger partial charge is 0.291 e. The van der Waals surface area contributed by atoms with Gasteiger partial charge in [0.05, 0.1) is 17.7 Å². The van der Waals surface area contributed by atoms with Crippen LogP contribution in [0, 0.1) is 0 Å². The van der Waals surface area contributed by atoms with Gasteiger partial charge >= 0.3 is 0 Å². The summed E-state index contributed by atoms with van der Waals surface area (Å²) in [4.78, 5) is 6.77. The fraction of sp³-hybridized carbons (Fsp3) is 0.300. The normalized spacial score (nSPS) is 18.9. The van der Waals surface area contributed by atoms with Crippen LogP contribution in [0.25, 0.3) is 16.8 Å². The van der Waals surface area contributed by atoms with Crippen LogP contribution in [0.2, 0.25) is 0 Å². The standard InChI is InChI=1S/C20H22N4O2S/c1-2-9-23(18-8-10-27(25,26)15-18)13-16-11-21-20-19(12-22-24(20)14-16)17-6-4-3-5-7-17/h2-7,11-12,14,18H,1,8-10,13,15H2. The maximum atomic E-state index is 11.8. The molecule has 1 atom stereocenters. The Hall–Kier alpha value is -2.51. The van der Waals surface area contributed by atoms with Gasteiger partial charge in [-0.2, -0.15) is 5.10 Å². The van der Waals surface area contributed by atoms with Crippen LogP contribution in [0.15, 0.2) is 61.6 Å². The summed E-state index contributed by atoms with van der Waals surface area (Å²) >= 11 is 0. The quantitative estimate of drug-likeness (QED) is 0.613.